The van der Waals surface area contributed by atoms with Crippen molar-refractivity contribution in [1.82, 2.24) is 9.80 Å². The number of carbonyl (C=O) groups excluding carboxylic acids is 1. The second kappa shape index (κ2) is 34.8. The molecule has 0 bridgehead atoms. The molecule has 0 spiro atoms. The first-order valence-electron chi connectivity index (χ1n) is 25.0. The fourth-order valence-electron chi connectivity index (χ4n) is 9.46. The molecule has 2 heterocycles. The topological polar surface area (TPSA) is 45.1 Å². The monoisotopic (exact) mass is 770 g/mol. The van der Waals surface area contributed by atoms with Gasteiger partial charge in [0.15, 0.2) is 0 Å². The maximum atomic E-state index is 13.3. The number of nitrogens with zero attached hydrogens (tertiary/aromatic N) is 3. The molecule has 1 saturated heterocycles. The van der Waals surface area contributed by atoms with Crippen molar-refractivity contribution >= 4 is 12.2 Å². The maximum absolute atomic E-state index is 13.3. The third-order valence-corrected chi connectivity index (χ3v) is 13.0. The summed E-state index contributed by atoms with van der Waals surface area (Å²) in [6, 6.07) is 0.727. The average molecular weight is 770 g/mol. The molecule has 0 aromatic rings. The van der Waals surface area contributed by atoms with Crippen LogP contribution in [0.2, 0.25) is 0 Å². The second-order valence-electron chi connectivity index (χ2n) is 17.7. The van der Waals surface area contributed by atoms with E-state index in [2.05, 4.69) is 48.9 Å². The number of allylic oxidation sites excluding steroid dienone is 2. The third-order valence-electron chi connectivity index (χ3n) is 13.0. The van der Waals surface area contributed by atoms with Gasteiger partial charge < -0.3 is 9.64 Å². The number of esters is 1. The number of hydrogen-bond acceptors (Lipinski definition) is 5. The molecule has 3 atom stereocenters. The van der Waals surface area contributed by atoms with Gasteiger partial charge >= 0.3 is 5.97 Å². The van der Waals surface area contributed by atoms with Crippen LogP contribution in [0.25, 0.3) is 0 Å². The molecule has 0 radical (unpaired) electrons. The molecule has 5 heteroatoms. The molecule has 0 amide bonds. The summed E-state index contributed by atoms with van der Waals surface area (Å²) in [5.74, 6) is -0.147. The fourth-order valence-corrected chi connectivity index (χ4v) is 9.46. The number of rotatable bonds is 38. The number of hydrogen-bond donors (Lipinski definition) is 0. The summed E-state index contributed by atoms with van der Waals surface area (Å²) in [7, 11) is 0. The summed E-state index contributed by atoms with van der Waals surface area (Å²) in [6.07, 6.45) is 53.3. The lowest BCUT2D eigenvalue weighted by Crippen LogP contribution is -2.53. The van der Waals surface area contributed by atoms with Crippen LogP contribution >= 0.6 is 0 Å². The van der Waals surface area contributed by atoms with E-state index in [-0.39, 0.29) is 11.5 Å². The number of unbranched alkanes of at least 4 members (excludes halogenated alkanes) is 25. The van der Waals surface area contributed by atoms with E-state index in [9.17, 15) is 4.79 Å². The van der Waals surface area contributed by atoms with Crippen molar-refractivity contribution in [2.75, 3.05) is 26.2 Å². The molecule has 3 unspecified atom stereocenters. The molecule has 0 aliphatic carbocycles. The predicted octanol–water partition coefficient (Wildman–Crippen LogP) is 15.0. The van der Waals surface area contributed by atoms with Crippen LogP contribution < -0.4 is 0 Å². The van der Waals surface area contributed by atoms with Gasteiger partial charge in [0.1, 0.15) is 0 Å². The van der Waals surface area contributed by atoms with Crippen LogP contribution in [0.15, 0.2) is 17.1 Å². The maximum Gasteiger partial charge on any atom is 0.346 e. The smallest absolute Gasteiger partial charge is 0.346 e. The molecule has 2 rings (SSSR count). The van der Waals surface area contributed by atoms with Gasteiger partial charge in [-0.15, -0.1) is 0 Å². The van der Waals surface area contributed by atoms with Gasteiger partial charge in [-0.2, -0.15) is 0 Å². The fraction of sp³-hybridized carbons (Fsp3) is 0.920. The molecule has 1 fully saturated rings. The summed E-state index contributed by atoms with van der Waals surface area (Å²) in [6.45, 7) is 12.6. The largest absolute Gasteiger partial charge is 0.463 e. The Morgan fingerprint density at radius 2 is 1.09 bits per heavy atom. The number of carbonyl (C=O) groups is 1. The van der Waals surface area contributed by atoms with Gasteiger partial charge in [-0.3, -0.25) is 9.89 Å². The van der Waals surface area contributed by atoms with E-state index in [1.54, 1.807) is 0 Å². The lowest BCUT2D eigenvalue weighted by atomic mass is 9.85. The minimum atomic E-state index is -0.470. The first kappa shape index (κ1) is 49.9. The van der Waals surface area contributed by atoms with Crippen molar-refractivity contribution in [2.45, 2.75) is 270 Å². The van der Waals surface area contributed by atoms with E-state index < -0.39 is 6.17 Å². The van der Waals surface area contributed by atoms with Crippen LogP contribution in [-0.2, 0) is 9.53 Å². The number of piperidine rings is 1. The van der Waals surface area contributed by atoms with Gasteiger partial charge in [0.2, 0.25) is 6.17 Å². The number of ether oxygens (including phenoxy) is 1. The quantitative estimate of drug-likeness (QED) is 0.0356. The molecule has 2 aliphatic rings. The van der Waals surface area contributed by atoms with Crippen molar-refractivity contribution in [3.8, 4) is 0 Å². The first-order chi connectivity index (χ1) is 27.1. The van der Waals surface area contributed by atoms with Gasteiger partial charge in [0.05, 0.1) is 12.1 Å². The van der Waals surface area contributed by atoms with Crippen LogP contribution in [0, 0.1) is 0 Å². The van der Waals surface area contributed by atoms with Crippen LogP contribution in [0.5, 0.6) is 0 Å². The number of likely N-dealkylation sites (tertiary alicyclic amines) is 1. The Balaban J connectivity index is 1.84. The van der Waals surface area contributed by atoms with Crippen LogP contribution in [0.1, 0.15) is 252 Å². The van der Waals surface area contributed by atoms with E-state index in [4.69, 9.17) is 9.73 Å². The molecule has 0 aromatic carbocycles. The normalized spacial score (nSPS) is 20.7. The zero-order valence-corrected chi connectivity index (χ0v) is 37.6. The van der Waals surface area contributed by atoms with Gasteiger partial charge in [-0.1, -0.05) is 193 Å². The molecular weight excluding hydrogens is 675 g/mol. The zero-order valence-electron chi connectivity index (χ0n) is 37.6. The van der Waals surface area contributed by atoms with E-state index in [0.29, 0.717) is 6.61 Å². The summed E-state index contributed by atoms with van der Waals surface area (Å²) in [5, 5.41) is 0. The Morgan fingerprint density at radius 1 is 0.618 bits per heavy atom. The Labute approximate surface area is 344 Å². The van der Waals surface area contributed by atoms with Gasteiger partial charge in [0.25, 0.3) is 0 Å². The molecular formula is C50H95N3O2. The summed E-state index contributed by atoms with van der Waals surface area (Å²) in [5.41, 5.74) is -0.112. The van der Waals surface area contributed by atoms with Crippen molar-refractivity contribution in [3.05, 3.63) is 12.2 Å². The van der Waals surface area contributed by atoms with Crippen molar-refractivity contribution < 1.29 is 9.53 Å². The summed E-state index contributed by atoms with van der Waals surface area (Å²) < 4.78 is 5.63. The van der Waals surface area contributed by atoms with Gasteiger partial charge in [-0.05, 0) is 84.2 Å². The summed E-state index contributed by atoms with van der Waals surface area (Å²) >= 11 is 0. The highest BCUT2D eigenvalue weighted by Crippen LogP contribution is 2.35. The van der Waals surface area contributed by atoms with Crippen molar-refractivity contribution in [2.24, 2.45) is 4.99 Å². The summed E-state index contributed by atoms with van der Waals surface area (Å²) in [4.78, 5) is 23.6. The van der Waals surface area contributed by atoms with E-state index in [1.807, 2.05) is 6.92 Å². The minimum absolute atomic E-state index is 0.112. The zero-order chi connectivity index (χ0) is 39.5. The lowest BCUT2D eigenvalue weighted by Gasteiger charge is -2.40. The van der Waals surface area contributed by atoms with E-state index in [1.165, 1.54) is 212 Å². The molecule has 322 valence electrons. The third kappa shape index (κ3) is 23.1. The Morgan fingerprint density at radius 3 is 1.56 bits per heavy atom. The van der Waals surface area contributed by atoms with Crippen LogP contribution in [-0.4, -0.2) is 66.0 Å². The first-order valence-corrected chi connectivity index (χ1v) is 25.0. The highest BCUT2D eigenvalue weighted by molar-refractivity contribution is 5.84. The lowest BCUT2D eigenvalue weighted by molar-refractivity contribution is -0.150. The highest BCUT2D eigenvalue weighted by Gasteiger charge is 2.46. The molecule has 0 saturated carbocycles. The molecule has 55 heavy (non-hydrogen) atoms. The Kier molecular flexibility index (Phi) is 31.6. The van der Waals surface area contributed by atoms with Gasteiger partial charge in [-0.25, -0.2) is 4.79 Å². The van der Waals surface area contributed by atoms with E-state index >= 15 is 0 Å². The highest BCUT2D eigenvalue weighted by atomic mass is 16.5. The SMILES string of the molecule is CCCCCCCC/C=C\CCCCCCCC1(CCCCCCCCCCCCCCCCC)C=NC(C(=O)OCC)N1CCCN1CCCCC1CC. The standard InChI is InChI=1S/C50H95N3O2/c1-5-9-11-13-15-17-19-21-23-25-27-29-31-33-36-41-50(42-37-34-32-30-28-26-24-22-20-18-16-14-12-10-6-2)46-51-48(49(54)55-8-4)53(50)45-39-44-52-43-38-35-40-47(52)7-3/h21,23,46-48H,5-20,22,24-45H2,1-4H3/b23-21-. The van der Waals surface area contributed by atoms with Crippen molar-refractivity contribution in [3.63, 3.8) is 0 Å². The van der Waals surface area contributed by atoms with Gasteiger partial charge in [0, 0.05) is 18.8 Å². The van der Waals surface area contributed by atoms with Crippen LogP contribution in [0.4, 0.5) is 0 Å². The predicted molar refractivity (Wildman–Crippen MR) is 241 cm³/mol. The Bertz CT molecular complexity index is 936. The molecule has 0 aromatic heterocycles. The second-order valence-corrected chi connectivity index (χ2v) is 17.7. The van der Waals surface area contributed by atoms with Crippen LogP contribution in [0.3, 0.4) is 0 Å². The molecule has 0 N–H and O–H groups in total. The van der Waals surface area contributed by atoms with E-state index in [0.717, 1.165) is 38.4 Å². The Hall–Kier alpha value is -1.20. The van der Waals surface area contributed by atoms with Crippen molar-refractivity contribution in [1.29, 1.82) is 0 Å². The minimum Gasteiger partial charge on any atom is -0.463 e. The molecule has 2 aliphatic heterocycles. The number of aliphatic imine (C=N–C) groups is 1. The average Bonchev–Trinajstić information content (AvgIpc) is 3.55. The molecule has 5 nitrogen and oxygen atoms in total.